The molecular weight excluding hydrogens is 456 g/mol. The summed E-state index contributed by atoms with van der Waals surface area (Å²) in [7, 11) is 0. The maximum absolute atomic E-state index is 12.9. The van der Waals surface area contributed by atoms with Crippen molar-refractivity contribution in [3.63, 3.8) is 0 Å². The second-order valence-corrected chi connectivity index (χ2v) is 11.5. The summed E-state index contributed by atoms with van der Waals surface area (Å²) in [5.74, 6) is -0.172. The number of H-pyrrole nitrogens is 1. The van der Waals surface area contributed by atoms with Gasteiger partial charge in [0.05, 0.1) is 24.4 Å². The zero-order valence-corrected chi connectivity index (χ0v) is 20.9. The van der Waals surface area contributed by atoms with Crippen LogP contribution in [0.1, 0.15) is 92.2 Å². The molecule has 4 N–H and O–H groups in total. The lowest BCUT2D eigenvalue weighted by Gasteiger charge is -2.43. The van der Waals surface area contributed by atoms with Gasteiger partial charge < -0.3 is 25.3 Å². The Balaban J connectivity index is 1.49. The number of anilines is 1. The van der Waals surface area contributed by atoms with Crippen LogP contribution >= 0.6 is 0 Å². The average Bonchev–Trinajstić information content (AvgIpc) is 3.47. The molecule has 2 saturated heterocycles. The quantitative estimate of drug-likeness (QED) is 0.478. The van der Waals surface area contributed by atoms with Gasteiger partial charge in [0, 0.05) is 17.4 Å². The van der Waals surface area contributed by atoms with Crippen molar-refractivity contribution in [1.29, 1.82) is 5.26 Å². The van der Waals surface area contributed by atoms with Crippen LogP contribution in [0.4, 0.5) is 5.69 Å². The number of nitrogens with zero attached hydrogens (tertiary/aromatic N) is 2. The molecule has 5 rings (SSSR count). The minimum atomic E-state index is -0.607. The molecule has 190 valence electrons. The predicted octanol–water partition coefficient (Wildman–Crippen LogP) is 4.28. The Hall–Kier alpha value is -2.99. The van der Waals surface area contributed by atoms with Gasteiger partial charge in [-0.05, 0) is 79.5 Å². The molecule has 1 aliphatic carbocycles. The van der Waals surface area contributed by atoms with E-state index in [0.29, 0.717) is 18.5 Å². The molecule has 0 unspecified atom stereocenters. The average molecular weight is 491 g/mol. The zero-order valence-electron chi connectivity index (χ0n) is 20.9. The summed E-state index contributed by atoms with van der Waals surface area (Å²) in [5, 5.41) is 32.3. The highest BCUT2D eigenvalue weighted by Gasteiger charge is 2.55. The number of hydrogen-bond acceptors (Lipinski definition) is 6. The van der Waals surface area contributed by atoms with Gasteiger partial charge in [0.25, 0.3) is 5.91 Å². The van der Waals surface area contributed by atoms with Gasteiger partial charge in [-0.15, -0.1) is 0 Å². The molecule has 8 nitrogen and oxygen atoms in total. The first-order valence-corrected chi connectivity index (χ1v) is 12.7. The van der Waals surface area contributed by atoms with Gasteiger partial charge in [-0.3, -0.25) is 4.79 Å². The number of aromatic amines is 1. The third-order valence-corrected chi connectivity index (χ3v) is 8.27. The molecule has 3 heterocycles. The summed E-state index contributed by atoms with van der Waals surface area (Å²) >= 11 is 0. The number of aromatic nitrogens is 2. The Morgan fingerprint density at radius 1 is 1.22 bits per heavy atom. The maximum Gasteiger partial charge on any atom is 0.291 e. The van der Waals surface area contributed by atoms with E-state index in [9.17, 15) is 15.0 Å². The fourth-order valence-electron chi connectivity index (χ4n) is 6.05. The molecule has 2 fully saturated rings. The SMILES string of the molecule is CC1(C)CC=C(c2cc([C@H]3C[C@]4(CO)CC[C@](CO)(C3)O4)ccc2NC(=O)c2nc(C#N)c[nH]2)CC1. The number of aliphatic hydroxyl groups is 2. The highest BCUT2D eigenvalue weighted by atomic mass is 16.6. The molecule has 8 heteroatoms. The number of imidazole rings is 1. The van der Waals surface area contributed by atoms with E-state index in [1.165, 1.54) is 11.8 Å². The lowest BCUT2D eigenvalue weighted by molar-refractivity contribution is -0.177. The van der Waals surface area contributed by atoms with E-state index in [4.69, 9.17) is 10.00 Å². The Labute approximate surface area is 211 Å². The lowest BCUT2D eigenvalue weighted by atomic mass is 9.75. The number of nitrogens with one attached hydrogen (secondary N) is 2. The molecule has 3 aliphatic rings. The fourth-order valence-corrected chi connectivity index (χ4v) is 6.05. The number of ether oxygens (including phenoxy) is 1. The molecule has 0 spiro atoms. The first-order chi connectivity index (χ1) is 17.2. The van der Waals surface area contributed by atoms with E-state index >= 15 is 0 Å². The Kier molecular flexibility index (Phi) is 6.27. The van der Waals surface area contributed by atoms with E-state index in [1.807, 2.05) is 18.2 Å². The van der Waals surface area contributed by atoms with Crippen LogP contribution in [0.5, 0.6) is 0 Å². The largest absolute Gasteiger partial charge is 0.393 e. The first kappa shape index (κ1) is 24.7. The molecule has 2 bridgehead atoms. The van der Waals surface area contributed by atoms with E-state index in [0.717, 1.165) is 43.2 Å². The van der Waals surface area contributed by atoms with Gasteiger partial charge in [-0.2, -0.15) is 5.26 Å². The van der Waals surface area contributed by atoms with Crippen LogP contribution in [0.3, 0.4) is 0 Å². The van der Waals surface area contributed by atoms with Crippen molar-refractivity contribution in [2.24, 2.45) is 5.41 Å². The molecule has 2 aliphatic heterocycles. The van der Waals surface area contributed by atoms with Gasteiger partial charge in [-0.1, -0.05) is 26.0 Å². The van der Waals surface area contributed by atoms with Crippen molar-refractivity contribution in [1.82, 2.24) is 9.97 Å². The Morgan fingerprint density at radius 2 is 1.94 bits per heavy atom. The van der Waals surface area contributed by atoms with Crippen LogP contribution in [0.2, 0.25) is 0 Å². The molecule has 1 aromatic carbocycles. The second kappa shape index (κ2) is 9.15. The molecule has 0 saturated carbocycles. The number of benzene rings is 1. The molecule has 2 aromatic rings. The van der Waals surface area contributed by atoms with Crippen LogP contribution in [-0.4, -0.2) is 50.5 Å². The number of aliphatic hydroxyl groups excluding tert-OH is 2. The van der Waals surface area contributed by atoms with Crippen molar-refractivity contribution in [3.05, 3.63) is 53.1 Å². The van der Waals surface area contributed by atoms with Gasteiger partial charge in [0.2, 0.25) is 0 Å². The topological polar surface area (TPSA) is 131 Å². The van der Waals surface area contributed by atoms with Crippen molar-refractivity contribution in [3.8, 4) is 6.07 Å². The minimum Gasteiger partial charge on any atom is -0.393 e. The summed E-state index contributed by atoms with van der Waals surface area (Å²) in [6.07, 6.45) is 9.51. The van der Waals surface area contributed by atoms with Crippen molar-refractivity contribution >= 4 is 17.2 Å². The second-order valence-electron chi connectivity index (χ2n) is 11.5. The number of carbonyl (C=O) groups excluding carboxylic acids is 1. The Morgan fingerprint density at radius 3 is 2.53 bits per heavy atom. The molecular formula is C28H34N4O4. The van der Waals surface area contributed by atoms with E-state index < -0.39 is 17.1 Å². The van der Waals surface area contributed by atoms with Crippen LogP contribution in [0.25, 0.3) is 5.57 Å². The summed E-state index contributed by atoms with van der Waals surface area (Å²) < 4.78 is 6.23. The highest BCUT2D eigenvalue weighted by molar-refractivity contribution is 6.03. The van der Waals surface area contributed by atoms with E-state index in [-0.39, 0.29) is 36.1 Å². The third-order valence-electron chi connectivity index (χ3n) is 8.27. The van der Waals surface area contributed by atoms with E-state index in [2.05, 4.69) is 41.3 Å². The van der Waals surface area contributed by atoms with Crippen LogP contribution in [0.15, 0.2) is 30.5 Å². The van der Waals surface area contributed by atoms with E-state index in [1.54, 1.807) is 0 Å². The molecule has 1 amide bonds. The third kappa shape index (κ3) is 4.59. The normalized spacial score (nSPS) is 28.9. The highest BCUT2D eigenvalue weighted by Crippen LogP contribution is 2.53. The summed E-state index contributed by atoms with van der Waals surface area (Å²) in [5.41, 5.74) is 3.21. The number of amides is 1. The van der Waals surface area contributed by atoms with Crippen LogP contribution in [0, 0.1) is 16.7 Å². The van der Waals surface area contributed by atoms with Crippen molar-refractivity contribution in [2.75, 3.05) is 18.5 Å². The number of rotatable bonds is 6. The summed E-state index contributed by atoms with van der Waals surface area (Å²) in [6.45, 7) is 4.42. The number of hydrogen-bond donors (Lipinski definition) is 4. The fraction of sp³-hybridized carbons (Fsp3) is 0.536. The molecule has 0 radical (unpaired) electrons. The molecule has 3 atom stereocenters. The Bertz CT molecular complexity index is 1220. The van der Waals surface area contributed by atoms with Gasteiger partial charge in [-0.25, -0.2) is 4.98 Å². The zero-order chi connectivity index (χ0) is 25.6. The summed E-state index contributed by atoms with van der Waals surface area (Å²) in [4.78, 5) is 19.7. The van der Waals surface area contributed by atoms with Gasteiger partial charge in [0.1, 0.15) is 6.07 Å². The first-order valence-electron chi connectivity index (χ1n) is 12.7. The maximum atomic E-state index is 12.9. The molecule has 36 heavy (non-hydrogen) atoms. The predicted molar refractivity (Wildman–Crippen MR) is 135 cm³/mol. The smallest absolute Gasteiger partial charge is 0.291 e. The lowest BCUT2D eigenvalue weighted by Crippen LogP contribution is -2.47. The number of nitriles is 1. The van der Waals surface area contributed by atoms with Crippen molar-refractivity contribution in [2.45, 2.75) is 75.9 Å². The number of allylic oxidation sites excluding steroid dienone is 2. The minimum absolute atomic E-state index is 0.0552. The number of fused-ring (bicyclic) bond motifs is 2. The number of carbonyl (C=O) groups is 1. The van der Waals surface area contributed by atoms with Crippen LogP contribution in [-0.2, 0) is 4.74 Å². The molecule has 1 aromatic heterocycles. The monoisotopic (exact) mass is 490 g/mol. The van der Waals surface area contributed by atoms with Gasteiger partial charge >= 0.3 is 0 Å². The standard InChI is InChI=1S/C28H34N4O4/c1-26(2)7-5-18(6-8-26)22-11-19(20-12-27(16-33)9-10-28(13-20,17-34)36-27)3-4-23(22)32-25(35)24-30-15-21(14-29)31-24/h3-5,11,15,20,33-34H,6-10,12-13,16-17H2,1-2H3,(H,30,31)(H,32,35)/t20-,27-,28+. The van der Waals surface area contributed by atoms with Gasteiger partial charge in [0.15, 0.2) is 11.5 Å². The summed E-state index contributed by atoms with van der Waals surface area (Å²) in [6, 6.07) is 8.06. The van der Waals surface area contributed by atoms with Crippen molar-refractivity contribution < 1.29 is 19.7 Å². The van der Waals surface area contributed by atoms with Crippen LogP contribution < -0.4 is 5.32 Å².